The van der Waals surface area contributed by atoms with Crippen molar-refractivity contribution in [2.24, 2.45) is 5.92 Å². The Morgan fingerprint density at radius 3 is 3.05 bits per heavy atom. The Bertz CT molecular complexity index is 438. The minimum absolute atomic E-state index is 0.610. The van der Waals surface area contributed by atoms with Gasteiger partial charge >= 0.3 is 0 Å². The lowest BCUT2D eigenvalue weighted by Gasteiger charge is -2.28. The van der Waals surface area contributed by atoms with E-state index in [1.54, 1.807) is 0 Å². The van der Waals surface area contributed by atoms with E-state index in [9.17, 15) is 0 Å². The molecule has 0 spiro atoms. The fourth-order valence-corrected chi connectivity index (χ4v) is 3.33. The van der Waals surface area contributed by atoms with Crippen LogP contribution >= 0.6 is 0 Å². The molecule has 2 aliphatic rings. The molecule has 2 heterocycles. The lowest BCUT2D eigenvalue weighted by atomic mass is 9.82. The Hall–Kier alpha value is -1.16. The molecular weight excluding hydrogens is 236 g/mol. The molecule has 4 heteroatoms. The van der Waals surface area contributed by atoms with Gasteiger partial charge in [0.2, 0.25) is 5.95 Å². The zero-order valence-corrected chi connectivity index (χ0v) is 12.0. The molecule has 2 atom stereocenters. The first-order valence-corrected chi connectivity index (χ1v) is 7.55. The molecule has 1 saturated heterocycles. The number of hydrogen-bond acceptors (Lipinski definition) is 4. The average molecular weight is 260 g/mol. The fraction of sp³-hybridized carbons (Fsp3) is 0.733. The second-order valence-corrected chi connectivity index (χ2v) is 6.11. The second-order valence-electron chi connectivity index (χ2n) is 6.11. The number of aromatic nitrogens is 2. The van der Waals surface area contributed by atoms with Crippen LogP contribution in [0.25, 0.3) is 0 Å². The van der Waals surface area contributed by atoms with Crippen molar-refractivity contribution in [3.8, 4) is 0 Å². The molecule has 1 aliphatic heterocycles. The number of nitrogens with one attached hydrogen (secondary N) is 1. The molecule has 1 aromatic rings. The summed E-state index contributed by atoms with van der Waals surface area (Å²) in [5.41, 5.74) is 2.66. The van der Waals surface area contributed by atoms with Crippen LogP contribution in [0.3, 0.4) is 0 Å². The van der Waals surface area contributed by atoms with Crippen LogP contribution in [-0.4, -0.2) is 36.1 Å². The van der Waals surface area contributed by atoms with Gasteiger partial charge in [-0.2, -0.15) is 0 Å². The van der Waals surface area contributed by atoms with Crippen molar-refractivity contribution in [3.63, 3.8) is 0 Å². The predicted molar refractivity (Wildman–Crippen MR) is 77.6 cm³/mol. The summed E-state index contributed by atoms with van der Waals surface area (Å²) in [6, 6.07) is 0. The van der Waals surface area contributed by atoms with Crippen LogP contribution in [0, 0.1) is 5.92 Å². The molecule has 2 unspecified atom stereocenters. The maximum absolute atomic E-state index is 4.87. The number of rotatable bonds is 1. The summed E-state index contributed by atoms with van der Waals surface area (Å²) < 4.78 is 0. The van der Waals surface area contributed by atoms with Gasteiger partial charge in [-0.1, -0.05) is 13.8 Å². The Kier molecular flexibility index (Phi) is 3.69. The maximum atomic E-state index is 4.87. The van der Waals surface area contributed by atoms with Crippen LogP contribution in [-0.2, 0) is 6.42 Å². The van der Waals surface area contributed by atoms with Crippen molar-refractivity contribution >= 4 is 5.95 Å². The van der Waals surface area contributed by atoms with E-state index in [1.165, 1.54) is 24.1 Å². The van der Waals surface area contributed by atoms with Crippen molar-refractivity contribution in [2.75, 3.05) is 31.1 Å². The molecule has 0 aromatic carbocycles. The molecule has 104 valence electrons. The highest BCUT2D eigenvalue weighted by molar-refractivity contribution is 5.36. The van der Waals surface area contributed by atoms with Crippen LogP contribution in [0.5, 0.6) is 0 Å². The number of nitrogens with zero attached hydrogens (tertiary/aromatic N) is 3. The van der Waals surface area contributed by atoms with Gasteiger partial charge in [0.25, 0.3) is 0 Å². The van der Waals surface area contributed by atoms with E-state index in [-0.39, 0.29) is 0 Å². The van der Waals surface area contributed by atoms with Crippen molar-refractivity contribution in [3.05, 3.63) is 17.5 Å². The molecule has 1 fully saturated rings. The molecule has 0 saturated carbocycles. The minimum atomic E-state index is 0.610. The van der Waals surface area contributed by atoms with Gasteiger partial charge in [-0.05, 0) is 43.2 Å². The summed E-state index contributed by atoms with van der Waals surface area (Å²) in [4.78, 5) is 11.8. The van der Waals surface area contributed by atoms with E-state index in [0.717, 1.165) is 44.5 Å². The molecule has 3 rings (SSSR count). The third-order valence-corrected chi connectivity index (χ3v) is 4.34. The average Bonchev–Trinajstić information content (AvgIpc) is 2.66. The largest absolute Gasteiger partial charge is 0.339 e. The molecule has 1 N–H and O–H groups in total. The molecule has 0 bridgehead atoms. The Morgan fingerprint density at radius 2 is 2.16 bits per heavy atom. The van der Waals surface area contributed by atoms with E-state index in [4.69, 9.17) is 4.98 Å². The number of hydrogen-bond donors (Lipinski definition) is 1. The Balaban J connectivity index is 1.85. The number of fused-ring (bicyclic) bond motifs is 1. The summed E-state index contributed by atoms with van der Waals surface area (Å²) in [7, 11) is 0. The molecular formula is C15H24N4. The van der Waals surface area contributed by atoms with E-state index in [0.29, 0.717) is 5.92 Å². The van der Waals surface area contributed by atoms with Crippen LogP contribution < -0.4 is 10.2 Å². The first-order chi connectivity index (χ1) is 9.24. The normalized spacial score (nSPS) is 27.8. The quantitative estimate of drug-likeness (QED) is 0.838. The highest BCUT2D eigenvalue weighted by Gasteiger charge is 2.24. The zero-order valence-electron chi connectivity index (χ0n) is 12.0. The lowest BCUT2D eigenvalue weighted by molar-refractivity contribution is 0.440. The first-order valence-electron chi connectivity index (χ1n) is 7.55. The summed E-state index contributed by atoms with van der Waals surface area (Å²) in [6.45, 7) is 8.86. The summed E-state index contributed by atoms with van der Waals surface area (Å²) in [6.07, 6.45) is 5.63. The molecule has 0 amide bonds. The van der Waals surface area contributed by atoms with Gasteiger partial charge in [-0.15, -0.1) is 0 Å². The third kappa shape index (κ3) is 2.73. The zero-order chi connectivity index (χ0) is 13.2. The number of anilines is 1. The van der Waals surface area contributed by atoms with Gasteiger partial charge in [0.15, 0.2) is 0 Å². The molecule has 0 radical (unpaired) electrons. The van der Waals surface area contributed by atoms with Crippen molar-refractivity contribution in [1.82, 2.24) is 15.3 Å². The highest BCUT2D eigenvalue weighted by Crippen LogP contribution is 2.33. The van der Waals surface area contributed by atoms with E-state index < -0.39 is 0 Å². The minimum Gasteiger partial charge on any atom is -0.339 e. The molecule has 1 aromatic heterocycles. The SMILES string of the molecule is CC1Cc2nc(N3CCCNCC3)ncc2C(C)C1. The van der Waals surface area contributed by atoms with Gasteiger partial charge in [0, 0.05) is 31.5 Å². The Morgan fingerprint density at radius 1 is 1.26 bits per heavy atom. The van der Waals surface area contributed by atoms with Crippen molar-refractivity contribution in [2.45, 2.75) is 39.0 Å². The van der Waals surface area contributed by atoms with Crippen molar-refractivity contribution in [1.29, 1.82) is 0 Å². The third-order valence-electron chi connectivity index (χ3n) is 4.34. The topological polar surface area (TPSA) is 41.1 Å². The van der Waals surface area contributed by atoms with E-state index in [1.807, 2.05) is 0 Å². The van der Waals surface area contributed by atoms with Gasteiger partial charge in [0.05, 0.1) is 0 Å². The molecule has 4 nitrogen and oxygen atoms in total. The maximum Gasteiger partial charge on any atom is 0.225 e. The van der Waals surface area contributed by atoms with Crippen LogP contribution in [0.2, 0.25) is 0 Å². The molecule has 1 aliphatic carbocycles. The fourth-order valence-electron chi connectivity index (χ4n) is 3.33. The van der Waals surface area contributed by atoms with E-state index >= 15 is 0 Å². The van der Waals surface area contributed by atoms with Gasteiger partial charge in [-0.3, -0.25) is 0 Å². The van der Waals surface area contributed by atoms with Gasteiger partial charge < -0.3 is 10.2 Å². The summed E-state index contributed by atoms with van der Waals surface area (Å²) in [5.74, 6) is 2.29. The lowest BCUT2D eigenvalue weighted by Crippen LogP contribution is -2.30. The Labute approximate surface area is 115 Å². The summed E-state index contributed by atoms with van der Waals surface area (Å²) >= 11 is 0. The van der Waals surface area contributed by atoms with Gasteiger partial charge in [0.1, 0.15) is 0 Å². The summed E-state index contributed by atoms with van der Waals surface area (Å²) in [5, 5.41) is 3.43. The first kappa shape index (κ1) is 12.9. The van der Waals surface area contributed by atoms with Crippen LogP contribution in [0.4, 0.5) is 5.95 Å². The standard InChI is InChI=1S/C15H24N4/c1-11-8-12(2)13-10-17-15(18-14(13)9-11)19-6-3-4-16-5-7-19/h10-12,16H,3-9H2,1-2H3. The highest BCUT2D eigenvalue weighted by atomic mass is 15.3. The van der Waals surface area contributed by atoms with Crippen LogP contribution in [0.1, 0.15) is 43.9 Å². The molecule has 19 heavy (non-hydrogen) atoms. The van der Waals surface area contributed by atoms with Gasteiger partial charge in [-0.25, -0.2) is 9.97 Å². The second kappa shape index (κ2) is 5.45. The van der Waals surface area contributed by atoms with E-state index in [2.05, 4.69) is 35.2 Å². The monoisotopic (exact) mass is 260 g/mol. The predicted octanol–water partition coefficient (Wildman–Crippen LogP) is 1.96. The van der Waals surface area contributed by atoms with Crippen LogP contribution in [0.15, 0.2) is 6.20 Å². The van der Waals surface area contributed by atoms with Crippen molar-refractivity contribution < 1.29 is 0 Å². The smallest absolute Gasteiger partial charge is 0.225 e.